The SMILES string of the molecule is O=C(COc1cccc(Oc2ccccc2)c1)OC1CCS(=O)(=O)C1. The molecular weight excluding hydrogens is 344 g/mol. The zero-order valence-electron chi connectivity index (χ0n) is 13.5. The predicted octanol–water partition coefficient (Wildman–Crippen LogP) is 2.59. The monoisotopic (exact) mass is 362 g/mol. The molecule has 1 aliphatic heterocycles. The lowest BCUT2D eigenvalue weighted by molar-refractivity contribution is -0.150. The molecular formula is C18H18O6S. The number of para-hydroxylation sites is 1. The third-order valence-electron chi connectivity index (χ3n) is 3.63. The van der Waals surface area contributed by atoms with Gasteiger partial charge in [-0.2, -0.15) is 0 Å². The third kappa shape index (κ3) is 5.22. The van der Waals surface area contributed by atoms with Gasteiger partial charge in [0.1, 0.15) is 23.4 Å². The summed E-state index contributed by atoms with van der Waals surface area (Å²) < 4.78 is 38.9. The summed E-state index contributed by atoms with van der Waals surface area (Å²) in [6.07, 6.45) is -0.233. The summed E-state index contributed by atoms with van der Waals surface area (Å²) in [6, 6.07) is 16.2. The van der Waals surface area contributed by atoms with Crippen molar-refractivity contribution in [3.8, 4) is 17.2 Å². The lowest BCUT2D eigenvalue weighted by Gasteiger charge is -2.12. The van der Waals surface area contributed by atoms with Gasteiger partial charge in [-0.25, -0.2) is 13.2 Å². The summed E-state index contributed by atoms with van der Waals surface area (Å²) in [5.41, 5.74) is 0. The molecule has 1 unspecified atom stereocenters. The molecule has 1 fully saturated rings. The van der Waals surface area contributed by atoms with Crippen molar-refractivity contribution in [2.45, 2.75) is 12.5 Å². The second-order valence-corrected chi connectivity index (χ2v) is 7.92. The first-order valence-corrected chi connectivity index (χ1v) is 9.68. The van der Waals surface area contributed by atoms with E-state index >= 15 is 0 Å². The van der Waals surface area contributed by atoms with Crippen LogP contribution in [-0.4, -0.2) is 38.6 Å². The second-order valence-electron chi connectivity index (χ2n) is 5.69. The van der Waals surface area contributed by atoms with Crippen LogP contribution in [0.4, 0.5) is 0 Å². The first-order chi connectivity index (χ1) is 12.0. The maximum atomic E-state index is 11.8. The Kier molecular flexibility index (Phi) is 5.23. The molecule has 0 spiro atoms. The summed E-state index contributed by atoms with van der Waals surface area (Å²) in [5, 5.41) is 0. The number of hydrogen-bond donors (Lipinski definition) is 0. The van der Waals surface area contributed by atoms with E-state index < -0.39 is 21.9 Å². The van der Waals surface area contributed by atoms with Gasteiger partial charge in [-0.1, -0.05) is 24.3 Å². The Morgan fingerprint density at radius 2 is 1.72 bits per heavy atom. The quantitative estimate of drug-likeness (QED) is 0.735. The molecule has 0 aromatic heterocycles. The summed E-state index contributed by atoms with van der Waals surface area (Å²) >= 11 is 0. The van der Waals surface area contributed by atoms with Gasteiger partial charge in [0.05, 0.1) is 11.5 Å². The molecule has 132 valence electrons. The average molecular weight is 362 g/mol. The van der Waals surface area contributed by atoms with Crippen LogP contribution in [0.15, 0.2) is 54.6 Å². The highest BCUT2D eigenvalue weighted by Crippen LogP contribution is 2.25. The Labute approximate surface area is 146 Å². The first kappa shape index (κ1) is 17.3. The highest BCUT2D eigenvalue weighted by molar-refractivity contribution is 7.91. The van der Waals surface area contributed by atoms with E-state index in [2.05, 4.69) is 0 Å². The molecule has 0 aliphatic carbocycles. The fourth-order valence-electron chi connectivity index (χ4n) is 2.47. The Morgan fingerprint density at radius 3 is 2.44 bits per heavy atom. The highest BCUT2D eigenvalue weighted by atomic mass is 32.2. The van der Waals surface area contributed by atoms with Crippen molar-refractivity contribution in [1.82, 2.24) is 0 Å². The van der Waals surface area contributed by atoms with Gasteiger partial charge in [0, 0.05) is 6.07 Å². The Hall–Kier alpha value is -2.54. The van der Waals surface area contributed by atoms with Gasteiger partial charge < -0.3 is 14.2 Å². The molecule has 0 saturated carbocycles. The topological polar surface area (TPSA) is 78.9 Å². The third-order valence-corrected chi connectivity index (χ3v) is 5.37. The number of sulfone groups is 1. The fraction of sp³-hybridized carbons (Fsp3) is 0.278. The molecule has 0 radical (unpaired) electrons. The van der Waals surface area contributed by atoms with Crippen molar-refractivity contribution in [2.75, 3.05) is 18.1 Å². The number of carbonyl (C=O) groups is 1. The minimum atomic E-state index is -3.08. The summed E-state index contributed by atoms with van der Waals surface area (Å²) in [5.74, 6) is 1.10. The fourth-order valence-corrected chi connectivity index (χ4v) is 4.06. The number of carbonyl (C=O) groups excluding carboxylic acids is 1. The molecule has 1 heterocycles. The molecule has 1 aliphatic rings. The smallest absolute Gasteiger partial charge is 0.344 e. The highest BCUT2D eigenvalue weighted by Gasteiger charge is 2.30. The number of hydrogen-bond acceptors (Lipinski definition) is 6. The Bertz CT molecular complexity index is 832. The van der Waals surface area contributed by atoms with Gasteiger partial charge in [0.15, 0.2) is 16.4 Å². The molecule has 7 heteroatoms. The van der Waals surface area contributed by atoms with E-state index in [0.717, 1.165) is 0 Å². The molecule has 25 heavy (non-hydrogen) atoms. The van der Waals surface area contributed by atoms with Crippen molar-refractivity contribution in [2.24, 2.45) is 0 Å². The van der Waals surface area contributed by atoms with Gasteiger partial charge in [0.2, 0.25) is 0 Å². The molecule has 0 N–H and O–H groups in total. The number of esters is 1. The van der Waals surface area contributed by atoms with E-state index in [0.29, 0.717) is 23.7 Å². The standard InChI is InChI=1S/C18H18O6S/c19-18(24-17-9-10-25(20,21)13-17)12-22-15-7-4-8-16(11-15)23-14-5-2-1-3-6-14/h1-8,11,17H,9-10,12-13H2. The number of ether oxygens (including phenoxy) is 3. The van der Waals surface area contributed by atoms with Crippen LogP contribution in [0.2, 0.25) is 0 Å². The van der Waals surface area contributed by atoms with E-state index in [1.165, 1.54) is 0 Å². The van der Waals surface area contributed by atoms with Gasteiger partial charge in [-0.3, -0.25) is 0 Å². The number of benzene rings is 2. The van der Waals surface area contributed by atoms with Gasteiger partial charge in [-0.05, 0) is 30.7 Å². The molecule has 2 aromatic rings. The van der Waals surface area contributed by atoms with Crippen LogP contribution in [0.3, 0.4) is 0 Å². The first-order valence-electron chi connectivity index (χ1n) is 7.86. The van der Waals surface area contributed by atoms with Crippen molar-refractivity contribution in [1.29, 1.82) is 0 Å². The van der Waals surface area contributed by atoms with Crippen LogP contribution in [-0.2, 0) is 19.4 Å². The second kappa shape index (κ2) is 7.57. The van der Waals surface area contributed by atoms with Crippen LogP contribution in [0.25, 0.3) is 0 Å². The molecule has 0 bridgehead atoms. The normalized spacial score (nSPS) is 18.5. The van der Waals surface area contributed by atoms with Crippen LogP contribution in [0.1, 0.15) is 6.42 Å². The van der Waals surface area contributed by atoms with Crippen LogP contribution >= 0.6 is 0 Å². The summed E-state index contributed by atoms with van der Waals surface area (Å²) in [4.78, 5) is 11.8. The van der Waals surface area contributed by atoms with Crippen LogP contribution in [0.5, 0.6) is 17.2 Å². The molecule has 3 rings (SSSR count). The largest absolute Gasteiger partial charge is 0.482 e. The van der Waals surface area contributed by atoms with Gasteiger partial charge >= 0.3 is 5.97 Å². The summed E-state index contributed by atoms with van der Waals surface area (Å²) in [7, 11) is -3.08. The van der Waals surface area contributed by atoms with Crippen molar-refractivity contribution in [3.05, 3.63) is 54.6 Å². The zero-order chi connectivity index (χ0) is 17.7. The van der Waals surface area contributed by atoms with E-state index in [-0.39, 0.29) is 18.1 Å². The predicted molar refractivity (Wildman–Crippen MR) is 91.6 cm³/mol. The van der Waals surface area contributed by atoms with E-state index in [1.54, 1.807) is 24.3 Å². The molecule has 6 nitrogen and oxygen atoms in total. The van der Waals surface area contributed by atoms with Crippen LogP contribution in [0, 0.1) is 0 Å². The molecule has 1 saturated heterocycles. The summed E-state index contributed by atoms with van der Waals surface area (Å²) in [6.45, 7) is -0.286. The molecule has 0 amide bonds. The van der Waals surface area contributed by atoms with E-state index in [4.69, 9.17) is 14.2 Å². The Morgan fingerprint density at radius 1 is 1.00 bits per heavy atom. The minimum Gasteiger partial charge on any atom is -0.482 e. The maximum Gasteiger partial charge on any atom is 0.344 e. The van der Waals surface area contributed by atoms with Crippen molar-refractivity contribution < 1.29 is 27.4 Å². The lowest BCUT2D eigenvalue weighted by Crippen LogP contribution is -2.23. The van der Waals surface area contributed by atoms with Gasteiger partial charge in [-0.15, -0.1) is 0 Å². The van der Waals surface area contributed by atoms with E-state index in [9.17, 15) is 13.2 Å². The van der Waals surface area contributed by atoms with Crippen LogP contribution < -0.4 is 9.47 Å². The maximum absolute atomic E-state index is 11.8. The molecule has 2 aromatic carbocycles. The average Bonchev–Trinajstić information content (AvgIpc) is 2.93. The minimum absolute atomic E-state index is 0.0602. The Balaban J connectivity index is 1.51. The van der Waals surface area contributed by atoms with Crippen molar-refractivity contribution >= 4 is 15.8 Å². The van der Waals surface area contributed by atoms with Crippen molar-refractivity contribution in [3.63, 3.8) is 0 Å². The zero-order valence-corrected chi connectivity index (χ0v) is 14.3. The lowest BCUT2D eigenvalue weighted by atomic mass is 10.3. The van der Waals surface area contributed by atoms with Gasteiger partial charge in [0.25, 0.3) is 0 Å². The van der Waals surface area contributed by atoms with E-state index in [1.807, 2.05) is 30.3 Å². The molecule has 1 atom stereocenters. The number of rotatable bonds is 6.